The predicted molar refractivity (Wildman–Crippen MR) is 57.5 cm³/mol. The summed E-state index contributed by atoms with van der Waals surface area (Å²) in [6, 6.07) is 9.22. The van der Waals surface area contributed by atoms with Gasteiger partial charge in [0, 0.05) is 12.6 Å². The zero-order chi connectivity index (χ0) is 9.80. The highest BCUT2D eigenvalue weighted by atomic mass is 16.5. The molecule has 1 aliphatic rings. The van der Waals surface area contributed by atoms with Crippen molar-refractivity contribution in [3.63, 3.8) is 0 Å². The van der Waals surface area contributed by atoms with Crippen LogP contribution in [0.25, 0.3) is 0 Å². The molecule has 1 N–H and O–H groups in total. The van der Waals surface area contributed by atoms with Crippen LogP contribution in [0.1, 0.15) is 11.1 Å². The van der Waals surface area contributed by atoms with Gasteiger partial charge in [0.05, 0.1) is 13.2 Å². The van der Waals surface area contributed by atoms with Gasteiger partial charge in [-0.3, -0.25) is 0 Å². The first-order valence-electron chi connectivity index (χ1n) is 5.21. The summed E-state index contributed by atoms with van der Waals surface area (Å²) in [7, 11) is 0. The fourth-order valence-corrected chi connectivity index (χ4v) is 1.76. The lowest BCUT2D eigenvalue weighted by atomic mass is 10.0. The van der Waals surface area contributed by atoms with Crippen molar-refractivity contribution >= 4 is 0 Å². The summed E-state index contributed by atoms with van der Waals surface area (Å²) in [5.41, 5.74) is 2.71. The van der Waals surface area contributed by atoms with Gasteiger partial charge in [-0.25, -0.2) is 0 Å². The van der Waals surface area contributed by atoms with Crippen LogP contribution >= 0.6 is 0 Å². The van der Waals surface area contributed by atoms with Gasteiger partial charge in [0.15, 0.2) is 0 Å². The van der Waals surface area contributed by atoms with Crippen LogP contribution in [0.2, 0.25) is 0 Å². The number of benzene rings is 1. The zero-order valence-electron chi connectivity index (χ0n) is 8.62. The number of morpholine rings is 1. The number of hydrogen-bond donors (Lipinski definition) is 1. The van der Waals surface area contributed by atoms with Crippen molar-refractivity contribution in [3.8, 4) is 0 Å². The van der Waals surface area contributed by atoms with Gasteiger partial charge in [0.25, 0.3) is 0 Å². The van der Waals surface area contributed by atoms with E-state index >= 15 is 0 Å². The molecular formula is C12H17NO. The summed E-state index contributed by atoms with van der Waals surface area (Å²) in [6.07, 6.45) is 1.07. The second kappa shape index (κ2) is 4.58. The van der Waals surface area contributed by atoms with Crippen LogP contribution in [0, 0.1) is 6.92 Å². The molecule has 0 amide bonds. The van der Waals surface area contributed by atoms with Gasteiger partial charge in [-0.2, -0.15) is 0 Å². The number of ether oxygens (including phenoxy) is 1. The SMILES string of the molecule is Cc1ccc(C[C@@H]2COCCN2)cc1. The van der Waals surface area contributed by atoms with Gasteiger partial charge < -0.3 is 10.1 Å². The van der Waals surface area contributed by atoms with Crippen molar-refractivity contribution in [3.05, 3.63) is 35.4 Å². The van der Waals surface area contributed by atoms with E-state index in [4.69, 9.17) is 4.74 Å². The minimum atomic E-state index is 0.492. The monoisotopic (exact) mass is 191 g/mol. The van der Waals surface area contributed by atoms with E-state index in [9.17, 15) is 0 Å². The number of aryl methyl sites for hydroxylation is 1. The first-order valence-corrected chi connectivity index (χ1v) is 5.21. The average Bonchev–Trinajstić information content (AvgIpc) is 2.23. The Morgan fingerprint density at radius 1 is 1.36 bits per heavy atom. The quantitative estimate of drug-likeness (QED) is 0.765. The van der Waals surface area contributed by atoms with E-state index in [0.717, 1.165) is 26.2 Å². The van der Waals surface area contributed by atoms with Gasteiger partial charge in [-0.15, -0.1) is 0 Å². The highest BCUT2D eigenvalue weighted by Gasteiger charge is 2.12. The van der Waals surface area contributed by atoms with Crippen LogP contribution in [0.3, 0.4) is 0 Å². The van der Waals surface area contributed by atoms with Crippen LogP contribution in [0.15, 0.2) is 24.3 Å². The third-order valence-electron chi connectivity index (χ3n) is 2.60. The molecular weight excluding hydrogens is 174 g/mol. The Morgan fingerprint density at radius 2 is 2.14 bits per heavy atom. The molecule has 0 aromatic heterocycles. The first kappa shape index (κ1) is 9.69. The first-order chi connectivity index (χ1) is 6.84. The molecule has 14 heavy (non-hydrogen) atoms. The maximum absolute atomic E-state index is 5.42. The van der Waals surface area contributed by atoms with E-state index in [1.54, 1.807) is 0 Å². The number of nitrogens with one attached hydrogen (secondary N) is 1. The van der Waals surface area contributed by atoms with Crippen LogP contribution in [-0.2, 0) is 11.2 Å². The lowest BCUT2D eigenvalue weighted by Gasteiger charge is -2.23. The second-order valence-electron chi connectivity index (χ2n) is 3.92. The Morgan fingerprint density at radius 3 is 2.79 bits per heavy atom. The maximum Gasteiger partial charge on any atom is 0.0623 e. The highest BCUT2D eigenvalue weighted by Crippen LogP contribution is 2.07. The van der Waals surface area contributed by atoms with Crippen molar-refractivity contribution in [1.29, 1.82) is 0 Å². The molecule has 1 aromatic carbocycles. The van der Waals surface area contributed by atoms with Crippen LogP contribution < -0.4 is 5.32 Å². The van der Waals surface area contributed by atoms with E-state index in [0.29, 0.717) is 6.04 Å². The standard InChI is InChI=1S/C12H17NO/c1-10-2-4-11(5-3-10)8-12-9-14-7-6-13-12/h2-5,12-13H,6-9H2,1H3/t12-/m1/s1. The zero-order valence-corrected chi connectivity index (χ0v) is 8.62. The minimum absolute atomic E-state index is 0.492. The van der Waals surface area contributed by atoms with E-state index < -0.39 is 0 Å². The lowest BCUT2D eigenvalue weighted by molar-refractivity contribution is 0.0770. The van der Waals surface area contributed by atoms with Gasteiger partial charge >= 0.3 is 0 Å². The fourth-order valence-electron chi connectivity index (χ4n) is 1.76. The van der Waals surface area contributed by atoms with Crippen LogP contribution in [0.4, 0.5) is 0 Å². The molecule has 0 radical (unpaired) electrons. The molecule has 1 aromatic rings. The van der Waals surface area contributed by atoms with Crippen molar-refractivity contribution in [2.75, 3.05) is 19.8 Å². The van der Waals surface area contributed by atoms with E-state index in [1.807, 2.05) is 0 Å². The number of hydrogen-bond acceptors (Lipinski definition) is 2. The van der Waals surface area contributed by atoms with E-state index in [-0.39, 0.29) is 0 Å². The summed E-state index contributed by atoms with van der Waals surface area (Å²) >= 11 is 0. The average molecular weight is 191 g/mol. The summed E-state index contributed by atoms with van der Waals surface area (Å²) < 4.78 is 5.42. The summed E-state index contributed by atoms with van der Waals surface area (Å²) in [4.78, 5) is 0. The topological polar surface area (TPSA) is 21.3 Å². The largest absolute Gasteiger partial charge is 0.379 e. The molecule has 0 bridgehead atoms. The molecule has 1 aliphatic heterocycles. The predicted octanol–water partition coefficient (Wildman–Crippen LogP) is 1.53. The normalized spacial score (nSPS) is 22.2. The maximum atomic E-state index is 5.42. The summed E-state index contributed by atoms with van der Waals surface area (Å²) in [5.74, 6) is 0. The molecule has 2 heteroatoms. The summed E-state index contributed by atoms with van der Waals surface area (Å²) in [6.45, 7) is 4.79. The molecule has 2 rings (SSSR count). The molecule has 0 spiro atoms. The summed E-state index contributed by atoms with van der Waals surface area (Å²) in [5, 5.41) is 3.46. The van der Waals surface area contributed by atoms with Crippen LogP contribution in [0.5, 0.6) is 0 Å². The van der Waals surface area contributed by atoms with Gasteiger partial charge in [-0.05, 0) is 18.9 Å². The Kier molecular flexibility index (Phi) is 3.17. The highest BCUT2D eigenvalue weighted by molar-refractivity contribution is 5.22. The second-order valence-corrected chi connectivity index (χ2v) is 3.92. The van der Waals surface area contributed by atoms with Crippen molar-refractivity contribution in [2.24, 2.45) is 0 Å². The number of rotatable bonds is 2. The molecule has 0 aliphatic carbocycles. The van der Waals surface area contributed by atoms with Crippen molar-refractivity contribution in [1.82, 2.24) is 5.32 Å². The van der Waals surface area contributed by atoms with Gasteiger partial charge in [-0.1, -0.05) is 29.8 Å². The van der Waals surface area contributed by atoms with Crippen molar-refractivity contribution in [2.45, 2.75) is 19.4 Å². The Bertz CT molecular complexity index is 275. The van der Waals surface area contributed by atoms with E-state index in [2.05, 4.69) is 36.5 Å². The van der Waals surface area contributed by atoms with Gasteiger partial charge in [0.2, 0.25) is 0 Å². The lowest BCUT2D eigenvalue weighted by Crippen LogP contribution is -2.42. The molecule has 76 valence electrons. The van der Waals surface area contributed by atoms with Gasteiger partial charge in [0.1, 0.15) is 0 Å². The molecule has 1 fully saturated rings. The third-order valence-corrected chi connectivity index (χ3v) is 2.60. The third kappa shape index (κ3) is 2.56. The molecule has 0 unspecified atom stereocenters. The fraction of sp³-hybridized carbons (Fsp3) is 0.500. The molecule has 1 heterocycles. The molecule has 1 atom stereocenters. The molecule has 0 saturated carbocycles. The smallest absolute Gasteiger partial charge is 0.0623 e. The molecule has 1 saturated heterocycles. The van der Waals surface area contributed by atoms with E-state index in [1.165, 1.54) is 11.1 Å². The van der Waals surface area contributed by atoms with Crippen LogP contribution in [-0.4, -0.2) is 25.8 Å². The Labute approximate surface area is 85.3 Å². The molecule has 2 nitrogen and oxygen atoms in total. The Balaban J connectivity index is 1.92. The minimum Gasteiger partial charge on any atom is -0.379 e. The van der Waals surface area contributed by atoms with Crippen molar-refractivity contribution < 1.29 is 4.74 Å². The Hall–Kier alpha value is -0.860.